The predicted octanol–water partition coefficient (Wildman–Crippen LogP) is 3.43. The van der Waals surface area contributed by atoms with E-state index >= 15 is 0 Å². The number of hydrogen-bond donors (Lipinski definition) is 1. The van der Waals surface area contributed by atoms with Gasteiger partial charge in [0.05, 0.1) is 6.42 Å². The molecule has 1 amide bonds. The zero-order valence-corrected chi connectivity index (χ0v) is 19.3. The summed E-state index contributed by atoms with van der Waals surface area (Å²) in [7, 11) is 0. The molecule has 8 heteroatoms. The van der Waals surface area contributed by atoms with Gasteiger partial charge in [0, 0.05) is 30.7 Å². The van der Waals surface area contributed by atoms with Crippen molar-refractivity contribution < 1.29 is 33.6 Å². The molecule has 4 heterocycles. The number of fused-ring (bicyclic) bond motifs is 2. The fraction of sp³-hybridized carbons (Fsp3) is 0.913. The number of nitrogens with one attached hydrogen (secondary N) is 1. The summed E-state index contributed by atoms with van der Waals surface area (Å²) in [5.74, 6) is -0.666. The third-order valence-corrected chi connectivity index (χ3v) is 7.92. The third-order valence-electron chi connectivity index (χ3n) is 7.92. The van der Waals surface area contributed by atoms with Gasteiger partial charge in [-0.25, -0.2) is 9.78 Å². The maximum absolute atomic E-state index is 12.5. The molecule has 8 nitrogen and oxygen atoms in total. The largest absolute Gasteiger partial charge is 0.435 e. The number of carbonyl (C=O) groups excluding carboxylic acids is 2. The first-order chi connectivity index (χ1) is 14.7. The van der Waals surface area contributed by atoms with Gasteiger partial charge in [0.25, 0.3) is 0 Å². The highest BCUT2D eigenvalue weighted by molar-refractivity contribution is 5.81. The van der Waals surface area contributed by atoms with E-state index in [1.807, 2.05) is 27.7 Å². The van der Waals surface area contributed by atoms with E-state index in [1.165, 1.54) is 0 Å². The Morgan fingerprint density at radius 1 is 1.13 bits per heavy atom. The standard InChI is InChI=1S/C23H37NO7/c1-6-14(3)24-18(25)9-10-19(26)27-20-15(4)17-8-7-13(2)16-11-12-22(5)29-21(28-20)23(16,17)31-30-22/h13-17,20-21H,6-12H2,1-5H3,(H,24,25)/t13-,14+,15+,16+,17-,20-,21+,22-,23-/m1/s1. The number of carbonyl (C=O) groups is 2. The van der Waals surface area contributed by atoms with Crippen LogP contribution in [0.1, 0.15) is 79.6 Å². The molecule has 1 saturated carbocycles. The highest BCUT2D eigenvalue weighted by atomic mass is 17.3. The molecular formula is C23H37NO7. The van der Waals surface area contributed by atoms with Crippen molar-refractivity contribution in [2.24, 2.45) is 23.7 Å². The molecule has 4 aliphatic heterocycles. The second-order valence-electron chi connectivity index (χ2n) is 10.1. The topological polar surface area (TPSA) is 92.3 Å². The Bertz CT molecular complexity index is 701. The summed E-state index contributed by atoms with van der Waals surface area (Å²) in [5.41, 5.74) is -0.674. The van der Waals surface area contributed by atoms with Crippen LogP contribution in [0.25, 0.3) is 0 Å². The Morgan fingerprint density at radius 2 is 1.90 bits per heavy atom. The van der Waals surface area contributed by atoms with Crippen LogP contribution in [0.4, 0.5) is 0 Å². The second-order valence-corrected chi connectivity index (χ2v) is 10.1. The molecule has 176 valence electrons. The van der Waals surface area contributed by atoms with Gasteiger partial charge in [0.1, 0.15) is 0 Å². The van der Waals surface area contributed by atoms with E-state index in [1.54, 1.807) is 0 Å². The van der Waals surface area contributed by atoms with Gasteiger partial charge < -0.3 is 19.5 Å². The highest BCUT2D eigenvalue weighted by Gasteiger charge is 2.69. The molecule has 5 rings (SSSR count). The van der Waals surface area contributed by atoms with E-state index in [4.69, 9.17) is 24.0 Å². The van der Waals surface area contributed by atoms with Crippen LogP contribution in [0, 0.1) is 23.7 Å². The molecule has 1 spiro atoms. The van der Waals surface area contributed by atoms with Gasteiger partial charge in [0.2, 0.25) is 18.0 Å². The van der Waals surface area contributed by atoms with E-state index in [0.717, 1.165) is 32.1 Å². The van der Waals surface area contributed by atoms with Crippen molar-refractivity contribution in [1.82, 2.24) is 5.32 Å². The molecule has 0 aromatic rings. The molecule has 9 atom stereocenters. The minimum Gasteiger partial charge on any atom is -0.435 e. The number of rotatable bonds is 6. The lowest BCUT2D eigenvalue weighted by molar-refractivity contribution is -0.576. The molecule has 2 bridgehead atoms. The van der Waals surface area contributed by atoms with Crippen molar-refractivity contribution in [1.29, 1.82) is 0 Å². The zero-order chi connectivity index (χ0) is 22.4. The first-order valence-corrected chi connectivity index (χ1v) is 11.9. The van der Waals surface area contributed by atoms with Gasteiger partial charge in [-0.3, -0.25) is 9.59 Å². The van der Waals surface area contributed by atoms with Crippen molar-refractivity contribution in [3.63, 3.8) is 0 Å². The summed E-state index contributed by atoms with van der Waals surface area (Å²) in [5, 5.41) is 2.87. The smallest absolute Gasteiger partial charge is 0.308 e. The average Bonchev–Trinajstić information content (AvgIpc) is 2.96. The minimum atomic E-state index is -0.860. The van der Waals surface area contributed by atoms with Crippen LogP contribution in [0.5, 0.6) is 0 Å². The van der Waals surface area contributed by atoms with Crippen LogP contribution in [-0.4, -0.2) is 41.9 Å². The number of amides is 1. The van der Waals surface area contributed by atoms with E-state index in [9.17, 15) is 9.59 Å². The first-order valence-electron chi connectivity index (χ1n) is 11.9. The summed E-state index contributed by atoms with van der Waals surface area (Å²) >= 11 is 0. The number of hydrogen-bond acceptors (Lipinski definition) is 7. The van der Waals surface area contributed by atoms with E-state index in [-0.39, 0.29) is 42.5 Å². The van der Waals surface area contributed by atoms with Gasteiger partial charge in [-0.1, -0.05) is 20.8 Å². The Morgan fingerprint density at radius 3 is 2.65 bits per heavy atom. The van der Waals surface area contributed by atoms with Gasteiger partial charge in [-0.05, 0) is 51.4 Å². The first kappa shape index (κ1) is 23.0. The SMILES string of the molecule is CC[C@H](C)NC(=O)CCC(=O)O[C@@H]1O[C@H]2O[C@@]3(C)CC[C@H]4[C@H](C)CC[C@H]([C@@H]1C)[C@@]24OO3. The molecule has 0 unspecified atom stereocenters. The number of ether oxygens (including phenoxy) is 3. The van der Waals surface area contributed by atoms with Crippen LogP contribution in [0.2, 0.25) is 0 Å². The molecule has 5 fully saturated rings. The zero-order valence-electron chi connectivity index (χ0n) is 19.3. The van der Waals surface area contributed by atoms with Gasteiger partial charge in [-0.2, -0.15) is 0 Å². The molecule has 0 radical (unpaired) electrons. The average molecular weight is 440 g/mol. The second kappa shape index (κ2) is 8.61. The van der Waals surface area contributed by atoms with Crippen LogP contribution in [0.15, 0.2) is 0 Å². The number of esters is 1. The van der Waals surface area contributed by atoms with E-state index in [0.29, 0.717) is 5.92 Å². The van der Waals surface area contributed by atoms with Crippen molar-refractivity contribution in [3.8, 4) is 0 Å². The molecule has 1 aliphatic carbocycles. The van der Waals surface area contributed by atoms with Crippen molar-refractivity contribution in [3.05, 3.63) is 0 Å². The summed E-state index contributed by atoms with van der Waals surface area (Å²) in [6.45, 7) is 10.1. The lowest BCUT2D eigenvalue weighted by Crippen LogP contribution is -2.70. The van der Waals surface area contributed by atoms with Crippen LogP contribution >= 0.6 is 0 Å². The molecular weight excluding hydrogens is 402 g/mol. The summed E-state index contributed by atoms with van der Waals surface area (Å²) in [4.78, 5) is 36.4. The normalized spacial score (nSPS) is 44.7. The predicted molar refractivity (Wildman–Crippen MR) is 110 cm³/mol. The minimum absolute atomic E-state index is 0.0210. The van der Waals surface area contributed by atoms with Crippen LogP contribution in [0.3, 0.4) is 0 Å². The highest BCUT2D eigenvalue weighted by Crippen LogP contribution is 2.60. The van der Waals surface area contributed by atoms with Gasteiger partial charge in [0.15, 0.2) is 11.9 Å². The van der Waals surface area contributed by atoms with Crippen LogP contribution < -0.4 is 5.32 Å². The Hall–Kier alpha value is -1.22. The fourth-order valence-electron chi connectivity index (χ4n) is 5.86. The van der Waals surface area contributed by atoms with Crippen LogP contribution in [-0.2, 0) is 33.6 Å². The lowest BCUT2D eigenvalue weighted by atomic mass is 9.58. The van der Waals surface area contributed by atoms with Gasteiger partial charge in [-0.15, -0.1) is 0 Å². The monoisotopic (exact) mass is 439 g/mol. The molecule has 31 heavy (non-hydrogen) atoms. The van der Waals surface area contributed by atoms with Crippen molar-refractivity contribution in [2.75, 3.05) is 0 Å². The van der Waals surface area contributed by atoms with E-state index in [2.05, 4.69) is 12.2 Å². The summed E-state index contributed by atoms with van der Waals surface area (Å²) in [6, 6.07) is 0.0921. The Balaban J connectivity index is 1.44. The molecule has 5 aliphatic rings. The summed E-state index contributed by atoms with van der Waals surface area (Å²) in [6.07, 6.45) is 3.31. The Kier molecular flexibility index (Phi) is 6.38. The maximum atomic E-state index is 12.5. The molecule has 4 saturated heterocycles. The van der Waals surface area contributed by atoms with Gasteiger partial charge >= 0.3 is 5.97 Å². The lowest BCUT2D eigenvalue weighted by Gasteiger charge is -2.59. The summed E-state index contributed by atoms with van der Waals surface area (Å²) < 4.78 is 18.2. The molecule has 1 N–H and O–H groups in total. The Labute approximate surface area is 184 Å². The van der Waals surface area contributed by atoms with Crippen molar-refractivity contribution >= 4 is 11.9 Å². The third kappa shape index (κ3) is 4.12. The fourth-order valence-corrected chi connectivity index (χ4v) is 5.86. The quantitative estimate of drug-likeness (QED) is 0.501. The van der Waals surface area contributed by atoms with E-state index < -0.39 is 29.9 Å². The molecule has 0 aromatic carbocycles. The maximum Gasteiger partial charge on any atom is 0.308 e. The molecule has 0 aromatic heterocycles. The van der Waals surface area contributed by atoms with Crippen molar-refractivity contribution in [2.45, 2.75) is 110 Å².